The standard InChI is InChI=1S/C24H26F3N5O2/c25-24(26,27)34-17-3-4-18(21(28)12-17)23(33)32-9-5-15(6-10-32)20-14-30-22-19(20)11-16(13-29-22)31-7-1-2-8-31/h3-4,11-15H,1-2,5-10,28H2,(H,29,30). The number of aromatic amines is 1. The van der Waals surface area contributed by atoms with Crippen molar-refractivity contribution >= 4 is 28.3 Å². The van der Waals surface area contributed by atoms with Crippen molar-refractivity contribution in [3.63, 3.8) is 0 Å². The van der Waals surface area contributed by atoms with E-state index in [1.54, 1.807) is 4.90 Å². The van der Waals surface area contributed by atoms with Gasteiger partial charge in [-0.15, -0.1) is 13.2 Å². The molecule has 0 atom stereocenters. The lowest BCUT2D eigenvalue weighted by Crippen LogP contribution is -2.38. The van der Waals surface area contributed by atoms with Crippen LogP contribution in [-0.4, -0.2) is 53.3 Å². The second-order valence-corrected chi connectivity index (χ2v) is 8.89. The molecule has 0 aliphatic carbocycles. The van der Waals surface area contributed by atoms with Crippen molar-refractivity contribution in [3.8, 4) is 5.75 Å². The van der Waals surface area contributed by atoms with Crippen molar-refractivity contribution in [3.05, 3.63) is 47.8 Å². The minimum Gasteiger partial charge on any atom is -0.406 e. The molecule has 2 aliphatic heterocycles. The number of likely N-dealkylation sites (tertiary alicyclic amines) is 1. The summed E-state index contributed by atoms with van der Waals surface area (Å²) < 4.78 is 41.2. The van der Waals surface area contributed by atoms with Crippen molar-refractivity contribution in [2.75, 3.05) is 36.8 Å². The molecule has 3 aromatic rings. The van der Waals surface area contributed by atoms with Crippen LogP contribution in [0.4, 0.5) is 24.5 Å². The smallest absolute Gasteiger partial charge is 0.406 e. The second-order valence-electron chi connectivity index (χ2n) is 8.89. The Bertz CT molecular complexity index is 1200. The van der Waals surface area contributed by atoms with Gasteiger partial charge in [0.2, 0.25) is 0 Å². The highest BCUT2D eigenvalue weighted by molar-refractivity contribution is 5.99. The summed E-state index contributed by atoms with van der Waals surface area (Å²) in [6.07, 6.45) is 3.09. The van der Waals surface area contributed by atoms with Gasteiger partial charge < -0.3 is 25.3 Å². The molecule has 0 spiro atoms. The van der Waals surface area contributed by atoms with Crippen LogP contribution in [-0.2, 0) is 0 Å². The number of nitrogen functional groups attached to an aromatic ring is 1. The number of anilines is 2. The Balaban J connectivity index is 1.27. The number of nitrogens with zero attached hydrogens (tertiary/aromatic N) is 3. The highest BCUT2D eigenvalue weighted by atomic mass is 19.4. The molecule has 1 amide bonds. The fourth-order valence-electron chi connectivity index (χ4n) is 5.00. The second kappa shape index (κ2) is 8.73. The molecular weight excluding hydrogens is 447 g/mol. The molecule has 0 radical (unpaired) electrons. The van der Waals surface area contributed by atoms with Gasteiger partial charge in [0, 0.05) is 49.5 Å². The molecule has 2 aliphatic rings. The summed E-state index contributed by atoms with van der Waals surface area (Å²) in [5.74, 6) is -0.443. The van der Waals surface area contributed by atoms with E-state index in [1.807, 2.05) is 12.4 Å². The summed E-state index contributed by atoms with van der Waals surface area (Å²) in [4.78, 5) is 24.9. The van der Waals surface area contributed by atoms with E-state index in [2.05, 4.69) is 25.7 Å². The number of carbonyl (C=O) groups excluding carboxylic acids is 1. The van der Waals surface area contributed by atoms with Crippen LogP contribution in [0, 0.1) is 0 Å². The molecule has 10 heteroatoms. The lowest BCUT2D eigenvalue weighted by atomic mass is 9.89. The molecule has 180 valence electrons. The maximum absolute atomic E-state index is 13.0. The van der Waals surface area contributed by atoms with Gasteiger partial charge in [0.1, 0.15) is 11.4 Å². The number of nitrogens with two attached hydrogens (primary N) is 1. The fourth-order valence-corrected chi connectivity index (χ4v) is 5.00. The van der Waals surface area contributed by atoms with E-state index < -0.39 is 12.1 Å². The molecule has 7 nitrogen and oxygen atoms in total. The van der Waals surface area contributed by atoms with Gasteiger partial charge in [0.25, 0.3) is 5.91 Å². The number of ether oxygens (including phenoxy) is 1. The Kier molecular flexibility index (Phi) is 5.75. The first-order valence-electron chi connectivity index (χ1n) is 11.4. The van der Waals surface area contributed by atoms with Gasteiger partial charge >= 0.3 is 6.36 Å². The van der Waals surface area contributed by atoms with E-state index in [-0.39, 0.29) is 23.1 Å². The van der Waals surface area contributed by atoms with Gasteiger partial charge in [-0.25, -0.2) is 4.98 Å². The largest absolute Gasteiger partial charge is 0.573 e. The predicted molar refractivity (Wildman–Crippen MR) is 123 cm³/mol. The molecule has 0 saturated carbocycles. The Morgan fingerprint density at radius 1 is 1.12 bits per heavy atom. The average molecular weight is 473 g/mol. The molecule has 2 saturated heterocycles. The van der Waals surface area contributed by atoms with Crippen LogP contribution in [0.25, 0.3) is 11.0 Å². The Morgan fingerprint density at radius 2 is 1.85 bits per heavy atom. The first kappa shape index (κ1) is 22.4. The number of aromatic nitrogens is 2. The van der Waals surface area contributed by atoms with E-state index in [1.165, 1.54) is 24.5 Å². The third kappa shape index (κ3) is 4.49. The van der Waals surface area contributed by atoms with Gasteiger partial charge in [0.15, 0.2) is 0 Å². The van der Waals surface area contributed by atoms with Crippen LogP contribution in [0.5, 0.6) is 5.75 Å². The normalized spacial score (nSPS) is 17.5. The van der Waals surface area contributed by atoms with Gasteiger partial charge in [-0.3, -0.25) is 4.79 Å². The van der Waals surface area contributed by atoms with E-state index in [0.717, 1.165) is 54.8 Å². The Morgan fingerprint density at radius 3 is 2.53 bits per heavy atom. The monoisotopic (exact) mass is 473 g/mol. The number of benzene rings is 1. The molecule has 2 fully saturated rings. The lowest BCUT2D eigenvalue weighted by molar-refractivity contribution is -0.274. The molecule has 2 aromatic heterocycles. The summed E-state index contributed by atoms with van der Waals surface area (Å²) in [7, 11) is 0. The van der Waals surface area contributed by atoms with Crippen molar-refractivity contribution in [2.45, 2.75) is 38.0 Å². The first-order chi connectivity index (χ1) is 16.3. The SMILES string of the molecule is Nc1cc(OC(F)(F)F)ccc1C(=O)N1CCC(c2c[nH]c3ncc(N4CCCC4)cc23)CC1. The summed E-state index contributed by atoms with van der Waals surface area (Å²) in [6, 6.07) is 5.64. The van der Waals surface area contributed by atoms with Crippen LogP contribution < -0.4 is 15.4 Å². The average Bonchev–Trinajstić information content (AvgIpc) is 3.48. The third-order valence-electron chi connectivity index (χ3n) is 6.73. The highest BCUT2D eigenvalue weighted by Gasteiger charge is 2.32. The minimum absolute atomic E-state index is 0.0361. The number of rotatable bonds is 4. The number of hydrogen-bond donors (Lipinski definition) is 2. The third-order valence-corrected chi connectivity index (χ3v) is 6.73. The van der Waals surface area contributed by atoms with Crippen molar-refractivity contribution < 1.29 is 22.7 Å². The van der Waals surface area contributed by atoms with Gasteiger partial charge in [-0.05, 0) is 55.4 Å². The quantitative estimate of drug-likeness (QED) is 0.538. The predicted octanol–water partition coefficient (Wildman–Crippen LogP) is 4.66. The number of piperidine rings is 1. The van der Waals surface area contributed by atoms with Crippen LogP contribution >= 0.6 is 0 Å². The van der Waals surface area contributed by atoms with E-state index in [4.69, 9.17) is 5.73 Å². The Labute approximate surface area is 194 Å². The lowest BCUT2D eigenvalue weighted by Gasteiger charge is -2.32. The maximum Gasteiger partial charge on any atom is 0.573 e. The van der Waals surface area contributed by atoms with Crippen LogP contribution in [0.1, 0.15) is 47.5 Å². The first-order valence-corrected chi connectivity index (χ1v) is 11.4. The zero-order chi connectivity index (χ0) is 23.9. The summed E-state index contributed by atoms with van der Waals surface area (Å²) in [6.45, 7) is 3.19. The Hall–Kier alpha value is -3.43. The molecule has 4 heterocycles. The molecule has 3 N–H and O–H groups in total. The molecular formula is C24H26F3N5O2. The van der Waals surface area contributed by atoms with Gasteiger partial charge in [-0.2, -0.15) is 0 Å². The molecule has 0 unspecified atom stereocenters. The van der Waals surface area contributed by atoms with Crippen LogP contribution in [0.3, 0.4) is 0 Å². The summed E-state index contributed by atoms with van der Waals surface area (Å²) in [5, 5.41) is 1.12. The number of hydrogen-bond acceptors (Lipinski definition) is 5. The molecule has 5 rings (SSSR count). The van der Waals surface area contributed by atoms with Crippen LogP contribution in [0.15, 0.2) is 36.7 Å². The number of pyridine rings is 1. The summed E-state index contributed by atoms with van der Waals surface area (Å²) >= 11 is 0. The van der Waals surface area contributed by atoms with Crippen molar-refractivity contribution in [1.82, 2.24) is 14.9 Å². The molecule has 1 aromatic carbocycles. The number of halogens is 3. The van der Waals surface area contributed by atoms with E-state index in [9.17, 15) is 18.0 Å². The van der Waals surface area contributed by atoms with Crippen molar-refractivity contribution in [1.29, 1.82) is 0 Å². The number of H-pyrrole nitrogens is 1. The number of nitrogens with one attached hydrogen (secondary N) is 1. The molecule has 0 bridgehead atoms. The minimum atomic E-state index is -4.81. The zero-order valence-electron chi connectivity index (χ0n) is 18.6. The highest BCUT2D eigenvalue weighted by Crippen LogP contribution is 2.35. The maximum atomic E-state index is 13.0. The number of amides is 1. The van der Waals surface area contributed by atoms with Gasteiger partial charge in [0.05, 0.1) is 17.4 Å². The van der Waals surface area contributed by atoms with E-state index in [0.29, 0.717) is 13.1 Å². The number of carbonyl (C=O) groups is 1. The number of alkyl halides is 3. The summed E-state index contributed by atoms with van der Waals surface area (Å²) in [5.41, 5.74) is 9.24. The van der Waals surface area contributed by atoms with Crippen molar-refractivity contribution in [2.24, 2.45) is 0 Å². The fraction of sp³-hybridized carbons (Fsp3) is 0.417. The molecule has 34 heavy (non-hydrogen) atoms. The topological polar surface area (TPSA) is 87.5 Å². The van der Waals surface area contributed by atoms with Crippen LogP contribution in [0.2, 0.25) is 0 Å². The van der Waals surface area contributed by atoms with E-state index >= 15 is 0 Å². The van der Waals surface area contributed by atoms with Gasteiger partial charge in [-0.1, -0.05) is 0 Å². The zero-order valence-corrected chi connectivity index (χ0v) is 18.6. The number of fused-ring (bicyclic) bond motifs is 1.